The van der Waals surface area contributed by atoms with Crippen molar-refractivity contribution in [1.29, 1.82) is 0 Å². The summed E-state index contributed by atoms with van der Waals surface area (Å²) in [6.45, 7) is 4.62. The molecule has 0 fully saturated rings. The Morgan fingerprint density at radius 3 is 2.19 bits per heavy atom. The van der Waals surface area contributed by atoms with Gasteiger partial charge in [-0.2, -0.15) is 0 Å². The van der Waals surface area contributed by atoms with E-state index in [0.717, 1.165) is 0 Å². The Bertz CT molecular complexity index is 562. The summed E-state index contributed by atoms with van der Waals surface area (Å²) in [6.07, 6.45) is 0. The van der Waals surface area contributed by atoms with Crippen LogP contribution in [0.1, 0.15) is 30.5 Å². The summed E-state index contributed by atoms with van der Waals surface area (Å²) < 4.78 is 9.58. The zero-order valence-corrected chi connectivity index (χ0v) is 13.8. The summed E-state index contributed by atoms with van der Waals surface area (Å²) in [5, 5.41) is 8.93. The molecule has 0 spiro atoms. The van der Waals surface area contributed by atoms with Gasteiger partial charge in [0.05, 0.1) is 11.1 Å². The molecule has 1 rings (SSSR count). The number of ether oxygens (including phenoxy) is 2. The smallest absolute Gasteiger partial charge is 1.00 e. The first-order valence-corrected chi connectivity index (χ1v) is 5.75. The average molecular weight is 320 g/mol. The number of benzene rings is 1. The van der Waals surface area contributed by atoms with E-state index in [1.165, 1.54) is 31.2 Å². The number of carbonyl (C=O) groups is 3. The predicted molar refractivity (Wildman–Crippen MR) is 77.4 cm³/mol. The quantitative estimate of drug-likeness (QED) is 0.370. The van der Waals surface area contributed by atoms with E-state index in [-0.39, 0.29) is 70.5 Å². The van der Waals surface area contributed by atoms with Crippen molar-refractivity contribution in [3.05, 3.63) is 47.5 Å². The van der Waals surface area contributed by atoms with Crippen LogP contribution >= 0.6 is 0 Å². The van der Waals surface area contributed by atoms with Gasteiger partial charge in [-0.25, -0.2) is 14.4 Å². The Morgan fingerprint density at radius 1 is 1.14 bits per heavy atom. The molecule has 0 bridgehead atoms. The van der Waals surface area contributed by atoms with Crippen molar-refractivity contribution >= 4 is 55.6 Å². The van der Waals surface area contributed by atoms with Crippen LogP contribution in [0.3, 0.4) is 0 Å². The van der Waals surface area contributed by atoms with Crippen LogP contribution in [0.15, 0.2) is 36.4 Å². The number of hydrogen-bond acceptors (Lipinski definition) is 5. The second-order valence-electron chi connectivity index (χ2n) is 3.90. The maximum atomic E-state index is 11.7. The van der Waals surface area contributed by atoms with Crippen LogP contribution < -0.4 is 0 Å². The van der Waals surface area contributed by atoms with Gasteiger partial charge in [-0.3, -0.25) is 0 Å². The van der Waals surface area contributed by atoms with Crippen molar-refractivity contribution < 1.29 is 31.8 Å². The molecule has 0 atom stereocenters. The molecule has 0 aromatic heterocycles. The van der Waals surface area contributed by atoms with Crippen molar-refractivity contribution in [2.24, 2.45) is 0 Å². The van der Waals surface area contributed by atoms with Gasteiger partial charge in [0.15, 0.2) is 0 Å². The van der Waals surface area contributed by atoms with Crippen LogP contribution in [-0.2, 0) is 14.3 Å². The average Bonchev–Trinajstić information content (AvgIpc) is 2.42. The number of carboxylic acids is 1. The van der Waals surface area contributed by atoms with Crippen molar-refractivity contribution in [2.45, 2.75) is 6.92 Å². The molecule has 21 heavy (non-hydrogen) atoms. The summed E-state index contributed by atoms with van der Waals surface area (Å²) >= 11 is 0. The zero-order valence-electron chi connectivity index (χ0n) is 13.6. The number of esters is 2. The number of carbonyl (C=O) groups excluding carboxylic acids is 2. The Labute approximate surface area is 154 Å². The molecule has 7 heteroatoms. The molecule has 0 saturated carbocycles. The van der Waals surface area contributed by atoms with Crippen molar-refractivity contribution in [3.8, 4) is 0 Å². The first kappa shape index (κ1) is 19.6. The van der Waals surface area contributed by atoms with Crippen molar-refractivity contribution in [2.75, 3.05) is 13.2 Å². The standard InChI is InChI=1S/C14H14O6.Ca.2H/c1-9(2)13(17)19-7-8-20-14(18)11-6-4-3-5-10(11)12(15)16;;;/h3-6H,1,7-8H2,2H3,(H,15,16);;;/q;+2;2*-1. The molecule has 1 N–H and O–H groups in total. The molecular weight excluding hydrogens is 304 g/mol. The molecule has 1 aromatic carbocycles. The van der Waals surface area contributed by atoms with Gasteiger partial charge in [0, 0.05) is 5.57 Å². The van der Waals surface area contributed by atoms with Crippen LogP contribution in [0.5, 0.6) is 0 Å². The molecule has 0 aliphatic rings. The van der Waals surface area contributed by atoms with Crippen LogP contribution in [0.2, 0.25) is 0 Å². The third kappa shape index (κ3) is 6.29. The van der Waals surface area contributed by atoms with Gasteiger partial charge in [0.2, 0.25) is 0 Å². The van der Waals surface area contributed by atoms with Crippen LogP contribution in [0, 0.1) is 0 Å². The van der Waals surface area contributed by atoms with Gasteiger partial charge >= 0.3 is 55.6 Å². The maximum absolute atomic E-state index is 11.7. The maximum Gasteiger partial charge on any atom is 2.00 e. The molecular formula is C14H16CaO6. The molecule has 0 amide bonds. The zero-order chi connectivity index (χ0) is 15.1. The molecule has 0 heterocycles. The molecule has 0 unspecified atom stereocenters. The van der Waals surface area contributed by atoms with E-state index in [1.807, 2.05) is 0 Å². The summed E-state index contributed by atoms with van der Waals surface area (Å²) in [5.74, 6) is -2.58. The van der Waals surface area contributed by atoms with Crippen molar-refractivity contribution in [3.63, 3.8) is 0 Å². The first-order valence-electron chi connectivity index (χ1n) is 5.75. The summed E-state index contributed by atoms with van der Waals surface area (Å²) in [6, 6.07) is 5.70. The molecule has 0 radical (unpaired) electrons. The van der Waals surface area contributed by atoms with Gasteiger partial charge in [-0.1, -0.05) is 18.7 Å². The fourth-order valence-corrected chi connectivity index (χ4v) is 1.32. The molecule has 6 nitrogen and oxygen atoms in total. The van der Waals surface area contributed by atoms with E-state index < -0.39 is 17.9 Å². The van der Waals surface area contributed by atoms with Gasteiger partial charge in [0.1, 0.15) is 13.2 Å². The van der Waals surface area contributed by atoms with E-state index in [9.17, 15) is 14.4 Å². The minimum atomic E-state index is -1.22. The van der Waals surface area contributed by atoms with Crippen LogP contribution in [0.4, 0.5) is 0 Å². The normalized spacial score (nSPS) is 9.19. The largest absolute Gasteiger partial charge is 2.00 e. The van der Waals surface area contributed by atoms with Crippen LogP contribution in [-0.4, -0.2) is 74.0 Å². The van der Waals surface area contributed by atoms with Crippen LogP contribution in [0.25, 0.3) is 0 Å². The number of carboxylic acid groups (broad SMARTS) is 1. The van der Waals surface area contributed by atoms with Crippen molar-refractivity contribution in [1.82, 2.24) is 0 Å². The summed E-state index contributed by atoms with van der Waals surface area (Å²) in [4.78, 5) is 33.7. The Kier molecular flexibility index (Phi) is 8.92. The predicted octanol–water partition coefficient (Wildman–Crippen LogP) is 1.51. The first-order chi connectivity index (χ1) is 9.43. The number of rotatable bonds is 6. The fraction of sp³-hybridized carbons (Fsp3) is 0.214. The van der Waals surface area contributed by atoms with E-state index in [1.54, 1.807) is 0 Å². The Morgan fingerprint density at radius 2 is 1.67 bits per heavy atom. The van der Waals surface area contributed by atoms with E-state index in [2.05, 4.69) is 6.58 Å². The minimum absolute atomic E-state index is 0. The van der Waals surface area contributed by atoms with Gasteiger partial charge < -0.3 is 17.4 Å². The monoisotopic (exact) mass is 320 g/mol. The summed E-state index contributed by atoms with van der Waals surface area (Å²) in [7, 11) is 0. The molecule has 0 saturated heterocycles. The second kappa shape index (κ2) is 9.55. The summed E-state index contributed by atoms with van der Waals surface area (Å²) in [5.41, 5.74) is 0.0511. The third-order valence-corrected chi connectivity index (χ3v) is 2.28. The topological polar surface area (TPSA) is 89.9 Å². The number of hydrogen-bond donors (Lipinski definition) is 1. The van der Waals surface area contributed by atoms with Gasteiger partial charge in [-0.05, 0) is 19.1 Å². The van der Waals surface area contributed by atoms with Gasteiger partial charge in [-0.15, -0.1) is 0 Å². The van der Waals surface area contributed by atoms with E-state index in [0.29, 0.717) is 0 Å². The molecule has 0 aliphatic heterocycles. The van der Waals surface area contributed by atoms with E-state index >= 15 is 0 Å². The molecule has 1 aromatic rings. The second-order valence-corrected chi connectivity index (χ2v) is 3.90. The van der Waals surface area contributed by atoms with Gasteiger partial charge in [0.25, 0.3) is 0 Å². The minimum Gasteiger partial charge on any atom is -1.00 e. The fourth-order valence-electron chi connectivity index (χ4n) is 1.32. The Hall–Kier alpha value is -1.37. The number of aromatic carboxylic acids is 1. The molecule has 110 valence electrons. The third-order valence-electron chi connectivity index (χ3n) is 2.28. The van der Waals surface area contributed by atoms with E-state index in [4.69, 9.17) is 14.6 Å². The Balaban J connectivity index is -0.00000133. The molecule has 0 aliphatic carbocycles. The SMILES string of the molecule is C=C(C)C(=O)OCCOC(=O)c1ccccc1C(=O)O.[Ca+2].[H-].[H-].